The second-order valence-electron chi connectivity index (χ2n) is 8.10. The zero-order valence-electron chi connectivity index (χ0n) is 18.0. The molecule has 0 unspecified atom stereocenters. The Morgan fingerprint density at radius 2 is 1.81 bits per heavy atom. The van der Waals surface area contributed by atoms with Gasteiger partial charge in [0, 0.05) is 17.7 Å². The molecule has 0 spiro atoms. The summed E-state index contributed by atoms with van der Waals surface area (Å²) in [6.45, 7) is 3.75. The van der Waals surface area contributed by atoms with Crippen molar-refractivity contribution in [2.24, 2.45) is 5.92 Å². The van der Waals surface area contributed by atoms with Gasteiger partial charge in [0.25, 0.3) is 0 Å². The van der Waals surface area contributed by atoms with Crippen molar-refractivity contribution in [1.29, 1.82) is 0 Å². The van der Waals surface area contributed by atoms with Gasteiger partial charge in [-0.2, -0.15) is 4.80 Å². The predicted octanol–water partition coefficient (Wildman–Crippen LogP) is 3.91. The highest BCUT2D eigenvalue weighted by molar-refractivity contribution is 6.30. The molecule has 0 saturated carbocycles. The van der Waals surface area contributed by atoms with Gasteiger partial charge < -0.3 is 10.2 Å². The summed E-state index contributed by atoms with van der Waals surface area (Å²) < 4.78 is 0. The molecule has 1 amide bonds. The number of carbonyl (C=O) groups is 1. The van der Waals surface area contributed by atoms with Crippen LogP contribution in [-0.4, -0.2) is 55.6 Å². The molecule has 9 heteroatoms. The van der Waals surface area contributed by atoms with Crippen molar-refractivity contribution < 1.29 is 4.79 Å². The molecule has 2 aromatic heterocycles. The highest BCUT2D eigenvalue weighted by Crippen LogP contribution is 2.20. The summed E-state index contributed by atoms with van der Waals surface area (Å²) in [5.74, 6) is 1.32. The van der Waals surface area contributed by atoms with Gasteiger partial charge >= 0.3 is 0 Å². The third-order valence-corrected chi connectivity index (χ3v) is 5.98. The fourth-order valence-corrected chi connectivity index (χ4v) is 4.01. The molecule has 32 heavy (non-hydrogen) atoms. The molecule has 0 aliphatic carbocycles. The maximum Gasteiger partial charge on any atom is 0.228 e. The zero-order valence-corrected chi connectivity index (χ0v) is 18.8. The van der Waals surface area contributed by atoms with E-state index in [1.165, 1.54) is 0 Å². The zero-order chi connectivity index (χ0) is 22.2. The van der Waals surface area contributed by atoms with Crippen LogP contribution in [0, 0.1) is 5.92 Å². The van der Waals surface area contributed by atoms with Crippen LogP contribution in [0.15, 0.2) is 48.7 Å². The predicted molar refractivity (Wildman–Crippen MR) is 124 cm³/mol. The van der Waals surface area contributed by atoms with Gasteiger partial charge in [0.15, 0.2) is 0 Å². The molecule has 0 radical (unpaired) electrons. The molecule has 1 saturated heterocycles. The van der Waals surface area contributed by atoms with E-state index >= 15 is 0 Å². The number of aromatic nitrogens is 5. The fourth-order valence-electron chi connectivity index (χ4n) is 3.90. The standard InChI is InChI=1S/C23H28ClN7O/c24-20-9-10-21(25-17-20)26-23(32)19-11-15-30(16-12-19)13-5-2-6-14-31-28-22(27-29-31)18-7-3-1-4-8-18/h1,3-4,7-10,17,19H,2,5-6,11-16H2,(H,25,26,32). The molecular weight excluding hydrogens is 426 g/mol. The lowest BCUT2D eigenvalue weighted by Gasteiger charge is -2.31. The minimum Gasteiger partial charge on any atom is -0.310 e. The maximum absolute atomic E-state index is 12.5. The number of anilines is 1. The van der Waals surface area contributed by atoms with Crippen LogP contribution in [0.25, 0.3) is 11.4 Å². The van der Waals surface area contributed by atoms with Crippen molar-refractivity contribution >= 4 is 23.3 Å². The van der Waals surface area contributed by atoms with Crippen LogP contribution in [0.5, 0.6) is 0 Å². The summed E-state index contributed by atoms with van der Waals surface area (Å²) in [5, 5.41) is 16.2. The van der Waals surface area contributed by atoms with E-state index in [1.54, 1.807) is 23.1 Å². The number of halogens is 1. The van der Waals surface area contributed by atoms with Crippen molar-refractivity contribution in [3.05, 3.63) is 53.7 Å². The van der Waals surface area contributed by atoms with Crippen LogP contribution in [0.2, 0.25) is 5.02 Å². The van der Waals surface area contributed by atoms with Crippen LogP contribution < -0.4 is 5.32 Å². The Bertz CT molecular complexity index is 985. The smallest absolute Gasteiger partial charge is 0.228 e. The summed E-state index contributed by atoms with van der Waals surface area (Å²) in [5.41, 5.74) is 0.986. The third kappa shape index (κ3) is 6.34. The average Bonchev–Trinajstić information content (AvgIpc) is 3.30. The lowest BCUT2D eigenvalue weighted by molar-refractivity contribution is -0.121. The molecule has 1 aromatic carbocycles. The maximum atomic E-state index is 12.5. The Balaban J connectivity index is 1.10. The van der Waals surface area contributed by atoms with Gasteiger partial charge in [0.05, 0.1) is 11.6 Å². The van der Waals surface area contributed by atoms with E-state index in [-0.39, 0.29) is 11.8 Å². The molecule has 168 valence electrons. The van der Waals surface area contributed by atoms with Gasteiger partial charge in [0.2, 0.25) is 11.7 Å². The van der Waals surface area contributed by atoms with E-state index in [1.807, 2.05) is 30.3 Å². The van der Waals surface area contributed by atoms with E-state index in [2.05, 4.69) is 30.6 Å². The number of hydrogen-bond acceptors (Lipinski definition) is 6. The first-order valence-electron chi connectivity index (χ1n) is 11.2. The molecule has 3 heterocycles. The molecule has 1 N–H and O–H groups in total. The monoisotopic (exact) mass is 453 g/mol. The molecule has 8 nitrogen and oxygen atoms in total. The Labute approximate surface area is 193 Å². The van der Waals surface area contributed by atoms with Crippen molar-refractivity contribution in [2.45, 2.75) is 38.6 Å². The Morgan fingerprint density at radius 1 is 1.03 bits per heavy atom. The molecule has 1 fully saturated rings. The molecule has 4 rings (SSSR count). The number of unbranched alkanes of at least 4 members (excludes halogenated alkanes) is 2. The minimum atomic E-state index is 0.0425. The number of rotatable bonds is 9. The van der Waals surface area contributed by atoms with Crippen molar-refractivity contribution in [1.82, 2.24) is 30.1 Å². The molecule has 0 bridgehead atoms. The van der Waals surface area contributed by atoms with Crippen LogP contribution >= 0.6 is 11.6 Å². The number of carbonyl (C=O) groups excluding carboxylic acids is 1. The second kappa shape index (κ2) is 11.2. The van der Waals surface area contributed by atoms with Crippen LogP contribution in [0.4, 0.5) is 5.82 Å². The van der Waals surface area contributed by atoms with Crippen LogP contribution in [0.1, 0.15) is 32.1 Å². The largest absolute Gasteiger partial charge is 0.310 e. The summed E-state index contributed by atoms with van der Waals surface area (Å²) in [4.78, 5) is 20.7. The van der Waals surface area contributed by atoms with Crippen LogP contribution in [-0.2, 0) is 11.3 Å². The molecular formula is C23H28ClN7O. The highest BCUT2D eigenvalue weighted by Gasteiger charge is 2.24. The first-order valence-corrected chi connectivity index (χ1v) is 11.5. The van der Waals surface area contributed by atoms with Gasteiger partial charge in [-0.05, 0) is 62.7 Å². The van der Waals surface area contributed by atoms with Crippen molar-refractivity contribution in [3.63, 3.8) is 0 Å². The summed E-state index contributed by atoms with van der Waals surface area (Å²) in [6.07, 6.45) is 6.57. The van der Waals surface area contributed by atoms with Crippen molar-refractivity contribution in [3.8, 4) is 11.4 Å². The highest BCUT2D eigenvalue weighted by atomic mass is 35.5. The van der Waals surface area contributed by atoms with E-state index in [4.69, 9.17) is 11.6 Å². The number of nitrogens with one attached hydrogen (secondary N) is 1. The quantitative estimate of drug-likeness (QED) is 0.494. The van der Waals surface area contributed by atoms with Crippen molar-refractivity contribution in [2.75, 3.05) is 25.0 Å². The number of aryl methyl sites for hydroxylation is 1. The first-order chi connectivity index (χ1) is 15.7. The fraction of sp³-hybridized carbons (Fsp3) is 0.435. The van der Waals surface area contributed by atoms with Gasteiger partial charge in [-0.25, -0.2) is 4.98 Å². The second-order valence-corrected chi connectivity index (χ2v) is 8.54. The van der Waals surface area contributed by atoms with Gasteiger partial charge in [-0.15, -0.1) is 10.2 Å². The number of amides is 1. The number of benzene rings is 1. The molecule has 1 aliphatic heterocycles. The van der Waals surface area contributed by atoms with Gasteiger partial charge in [-0.3, -0.25) is 4.79 Å². The summed E-state index contributed by atoms with van der Waals surface area (Å²) >= 11 is 5.84. The minimum absolute atomic E-state index is 0.0425. The summed E-state index contributed by atoms with van der Waals surface area (Å²) in [7, 11) is 0. The van der Waals surface area contributed by atoms with E-state index < -0.39 is 0 Å². The normalized spacial score (nSPS) is 15.0. The average molecular weight is 454 g/mol. The van der Waals surface area contributed by atoms with E-state index in [0.29, 0.717) is 16.7 Å². The third-order valence-electron chi connectivity index (χ3n) is 5.75. The summed E-state index contributed by atoms with van der Waals surface area (Å²) in [6, 6.07) is 13.4. The SMILES string of the molecule is O=C(Nc1ccc(Cl)cn1)C1CCN(CCCCCn2nnc(-c3ccccc3)n2)CC1. The lowest BCUT2D eigenvalue weighted by Crippen LogP contribution is -2.38. The molecule has 1 aliphatic rings. The Kier molecular flexibility index (Phi) is 7.79. The van der Waals surface area contributed by atoms with Crippen LogP contribution in [0.3, 0.4) is 0 Å². The Hall–Kier alpha value is -2.84. The number of likely N-dealkylation sites (tertiary alicyclic amines) is 1. The topological polar surface area (TPSA) is 88.8 Å². The first kappa shape index (κ1) is 22.4. The number of nitrogens with zero attached hydrogens (tertiary/aromatic N) is 6. The Morgan fingerprint density at radius 3 is 2.56 bits per heavy atom. The lowest BCUT2D eigenvalue weighted by atomic mass is 9.95. The van der Waals surface area contributed by atoms with Gasteiger partial charge in [-0.1, -0.05) is 48.4 Å². The number of piperidine rings is 1. The van der Waals surface area contributed by atoms with E-state index in [9.17, 15) is 4.79 Å². The molecule has 0 atom stereocenters. The van der Waals surface area contributed by atoms with Gasteiger partial charge in [0.1, 0.15) is 5.82 Å². The molecule has 3 aromatic rings. The number of pyridine rings is 1. The number of tetrazole rings is 1. The number of hydrogen-bond donors (Lipinski definition) is 1. The van der Waals surface area contributed by atoms with E-state index in [0.717, 1.165) is 63.8 Å².